The lowest BCUT2D eigenvalue weighted by atomic mass is 9.76. The summed E-state index contributed by atoms with van der Waals surface area (Å²) < 4.78 is 43.0. The van der Waals surface area contributed by atoms with Crippen molar-refractivity contribution in [3.8, 4) is 11.3 Å². The van der Waals surface area contributed by atoms with Crippen LogP contribution in [-0.2, 0) is 20.3 Å². The third-order valence-corrected chi connectivity index (χ3v) is 8.75. The fraction of sp³-hybridized carbons (Fsp3) is 0.333. The molecule has 0 saturated carbocycles. The van der Waals surface area contributed by atoms with Gasteiger partial charge in [0.25, 0.3) is 0 Å². The topological polar surface area (TPSA) is 123 Å². The summed E-state index contributed by atoms with van der Waals surface area (Å²) in [6.07, 6.45) is 5.53. The number of benzene rings is 3. The number of rotatable bonds is 10. The quantitative estimate of drug-likeness (QED) is 0.132. The Bertz CT molecular complexity index is 1840. The number of allylic oxidation sites excluding steroid dienone is 1. The molecule has 1 heterocycles. The molecule has 2 aromatic carbocycles. The average molecular weight is 589 g/mol. The van der Waals surface area contributed by atoms with Crippen molar-refractivity contribution in [2.75, 3.05) is 18.4 Å². The highest BCUT2D eigenvalue weighted by Crippen LogP contribution is 2.41. The standard InChI is InChI=1S/C33H36N2O6S/c1-4-35(15-7-5-6-8-32(36)37)27-13-10-24-18-29-31(41-30(24)20-27)19-26(21-33(29,2)3)34-25-12-9-23-17-28(42(38,39)40)14-11-22(23)16-25/h9-14,16-20H,4-8,15,21H2,1-3H3,(H2,36,37,38,39,40). The van der Waals surface area contributed by atoms with Gasteiger partial charge in [-0.1, -0.05) is 26.0 Å². The zero-order valence-electron chi connectivity index (χ0n) is 24.1. The molecule has 3 aliphatic rings. The molecular weight excluding hydrogens is 552 g/mol. The number of hydrogen-bond donors (Lipinski definition) is 2. The zero-order chi connectivity index (χ0) is 30.1. The lowest BCUT2D eigenvalue weighted by Crippen LogP contribution is -2.31. The summed E-state index contributed by atoms with van der Waals surface area (Å²) in [7, 11) is -4.51. The number of nitrogens with one attached hydrogen (secondary N) is 1. The van der Waals surface area contributed by atoms with Crippen LogP contribution in [0.3, 0.4) is 0 Å². The van der Waals surface area contributed by atoms with Crippen LogP contribution in [0.5, 0.6) is 0 Å². The van der Waals surface area contributed by atoms with Gasteiger partial charge in [-0.2, -0.15) is 0 Å². The van der Waals surface area contributed by atoms with E-state index in [4.69, 9.17) is 9.52 Å². The second kappa shape index (κ2) is 11.7. The highest BCUT2D eigenvalue weighted by Gasteiger charge is 2.31. The molecule has 0 fully saturated rings. The van der Waals surface area contributed by atoms with Crippen molar-refractivity contribution < 1.29 is 27.3 Å². The first-order valence-electron chi connectivity index (χ1n) is 14.3. The van der Waals surface area contributed by atoms with E-state index in [2.05, 4.69) is 54.9 Å². The Morgan fingerprint density at radius 3 is 2.52 bits per heavy atom. The Morgan fingerprint density at radius 1 is 1.02 bits per heavy atom. The number of carbonyl (C=O) groups is 1. The van der Waals surface area contributed by atoms with E-state index in [0.29, 0.717) is 11.8 Å². The van der Waals surface area contributed by atoms with Crippen molar-refractivity contribution >= 4 is 38.6 Å². The first-order chi connectivity index (χ1) is 19.9. The number of carboxylic acids is 1. The smallest absolute Gasteiger partial charge is 0.303 e. The van der Waals surface area contributed by atoms with Crippen LogP contribution < -0.4 is 15.2 Å². The van der Waals surface area contributed by atoms with Crippen LogP contribution in [0.4, 0.5) is 5.69 Å². The van der Waals surface area contributed by atoms with Crippen LogP contribution in [0.15, 0.2) is 75.7 Å². The fourth-order valence-electron chi connectivity index (χ4n) is 5.69. The maximum atomic E-state index is 11.4. The van der Waals surface area contributed by atoms with Crippen molar-refractivity contribution in [3.05, 3.63) is 83.0 Å². The van der Waals surface area contributed by atoms with E-state index >= 15 is 0 Å². The number of hydrogen-bond acceptors (Lipinski definition) is 6. The molecule has 1 aliphatic heterocycles. The highest BCUT2D eigenvalue weighted by molar-refractivity contribution is 7.85. The lowest BCUT2D eigenvalue weighted by Gasteiger charge is -2.32. The maximum absolute atomic E-state index is 11.4. The Labute approximate surface area is 246 Å². The van der Waals surface area contributed by atoms with Crippen LogP contribution in [0.1, 0.15) is 64.2 Å². The molecule has 2 aliphatic carbocycles. The van der Waals surface area contributed by atoms with Gasteiger partial charge in [-0.15, -0.1) is 0 Å². The van der Waals surface area contributed by atoms with Crippen molar-refractivity contribution in [3.63, 3.8) is 0 Å². The van der Waals surface area contributed by atoms with Crippen LogP contribution in [0.25, 0.3) is 28.2 Å². The molecule has 5 rings (SSSR count). The summed E-state index contributed by atoms with van der Waals surface area (Å²) in [5, 5.41) is 15.0. The predicted octanol–water partition coefficient (Wildman–Crippen LogP) is 6.01. The summed E-state index contributed by atoms with van der Waals surface area (Å²) in [4.78, 5) is 10.5. The first-order valence-corrected chi connectivity index (χ1v) is 15.7. The number of nitrogens with zero attached hydrogens (tertiary/aromatic N) is 1. The summed E-state index contributed by atoms with van der Waals surface area (Å²) in [6, 6.07) is 18.5. The normalized spacial score (nSPS) is 15.3. The third-order valence-electron chi connectivity index (χ3n) is 7.92. The van der Waals surface area contributed by atoms with Crippen LogP contribution in [0, 0.1) is 0 Å². The van der Waals surface area contributed by atoms with E-state index in [1.807, 2.05) is 18.2 Å². The molecule has 2 aromatic rings. The van der Waals surface area contributed by atoms with Gasteiger partial charge in [0.15, 0.2) is 0 Å². The molecule has 9 heteroatoms. The van der Waals surface area contributed by atoms with E-state index in [0.717, 1.165) is 77.1 Å². The third kappa shape index (κ3) is 6.58. The molecule has 0 amide bonds. The van der Waals surface area contributed by atoms with Gasteiger partial charge in [-0.05, 0) is 78.8 Å². The molecule has 0 saturated heterocycles. The summed E-state index contributed by atoms with van der Waals surface area (Å²) in [6.45, 7) is 8.21. The van der Waals surface area contributed by atoms with Crippen molar-refractivity contribution in [2.45, 2.75) is 63.2 Å². The predicted molar refractivity (Wildman–Crippen MR) is 163 cm³/mol. The molecule has 42 heavy (non-hydrogen) atoms. The van der Waals surface area contributed by atoms with Gasteiger partial charge >= 0.3 is 5.97 Å². The molecule has 220 valence electrons. The van der Waals surface area contributed by atoms with E-state index < -0.39 is 16.1 Å². The minimum Gasteiger partial charge on any atom is -0.744 e. The van der Waals surface area contributed by atoms with Gasteiger partial charge in [-0.3, -0.25) is 4.79 Å². The molecule has 0 atom stereocenters. The average Bonchev–Trinajstić information content (AvgIpc) is 2.92. The Morgan fingerprint density at radius 2 is 1.79 bits per heavy atom. The molecule has 0 radical (unpaired) electrons. The number of carboxylic acid groups (broad SMARTS) is 1. The molecule has 0 unspecified atom stereocenters. The van der Waals surface area contributed by atoms with Crippen molar-refractivity contribution in [2.24, 2.45) is 0 Å². The summed E-state index contributed by atoms with van der Waals surface area (Å²) in [5.41, 5.74) is 3.87. The first kappa shape index (κ1) is 29.5. The zero-order valence-corrected chi connectivity index (χ0v) is 25.0. The van der Waals surface area contributed by atoms with Gasteiger partial charge < -0.3 is 19.4 Å². The van der Waals surface area contributed by atoms with Crippen LogP contribution in [-0.4, -0.2) is 37.1 Å². The Hall–Kier alpha value is -3.95. The number of anilines is 1. The van der Waals surface area contributed by atoms with Gasteiger partial charge in [0.2, 0.25) is 5.36 Å². The van der Waals surface area contributed by atoms with Crippen molar-refractivity contribution in [1.82, 2.24) is 4.58 Å². The number of aliphatic carboxylic acids is 1. The van der Waals surface area contributed by atoms with Gasteiger partial charge in [-0.25, -0.2) is 13.0 Å². The molecule has 0 spiro atoms. The van der Waals surface area contributed by atoms with Gasteiger partial charge in [0.1, 0.15) is 34.7 Å². The molecular formula is C33H36N2O6S. The summed E-state index contributed by atoms with van der Waals surface area (Å²) >= 11 is 0. The molecule has 0 bridgehead atoms. The summed E-state index contributed by atoms with van der Waals surface area (Å²) in [5.74, 6) is 0.865. The van der Waals surface area contributed by atoms with E-state index in [9.17, 15) is 17.8 Å². The van der Waals surface area contributed by atoms with Gasteiger partial charge in [0, 0.05) is 47.5 Å². The van der Waals surface area contributed by atoms with E-state index in [-0.39, 0.29) is 16.7 Å². The minimum absolute atomic E-state index is 0.178. The van der Waals surface area contributed by atoms with Gasteiger partial charge in [0.05, 0.1) is 11.0 Å². The van der Waals surface area contributed by atoms with E-state index in [1.165, 1.54) is 12.1 Å². The molecule has 8 nitrogen and oxygen atoms in total. The SMILES string of the molecule is CC[N+](CCCCCC(=O)O)=c1ccc2cc3c(oc-2c1)C=C(Nc1ccc2cc(S(=O)(=O)[O-])ccc2c1)CC3(C)C. The second-order valence-corrected chi connectivity index (χ2v) is 12.9. The van der Waals surface area contributed by atoms with Crippen LogP contribution >= 0.6 is 0 Å². The van der Waals surface area contributed by atoms with E-state index in [1.54, 1.807) is 12.1 Å². The molecule has 2 N–H and O–H groups in total. The number of fused-ring (bicyclic) bond motifs is 3. The number of unbranched alkanes of at least 4 members (excludes halogenated alkanes) is 2. The maximum Gasteiger partial charge on any atom is 0.303 e. The molecule has 0 aromatic heterocycles. The minimum atomic E-state index is -4.51. The van der Waals surface area contributed by atoms with Crippen molar-refractivity contribution in [1.29, 1.82) is 0 Å². The Balaban J connectivity index is 1.43. The fourth-order valence-corrected chi connectivity index (χ4v) is 6.20. The highest BCUT2D eigenvalue weighted by atomic mass is 32.2. The largest absolute Gasteiger partial charge is 0.744 e. The lowest BCUT2D eigenvalue weighted by molar-refractivity contribution is -0.137. The Kier molecular flexibility index (Phi) is 8.25. The monoisotopic (exact) mass is 588 g/mol. The van der Waals surface area contributed by atoms with Crippen LogP contribution in [0.2, 0.25) is 0 Å². The second-order valence-electron chi connectivity index (χ2n) is 11.6.